The van der Waals surface area contributed by atoms with Gasteiger partial charge in [0.1, 0.15) is 0 Å². The van der Waals surface area contributed by atoms with Crippen molar-refractivity contribution in [2.75, 3.05) is 7.11 Å². The van der Waals surface area contributed by atoms with Crippen LogP contribution in [0.15, 0.2) is 34.6 Å². The van der Waals surface area contributed by atoms with Crippen LogP contribution in [0.3, 0.4) is 0 Å². The SMILES string of the molecule is C=C1CCCC2[C@](C)(CC3=C(Cl)C(=O)C=C(OC)C3=O)C(C)CC[C@]12C. The van der Waals surface area contributed by atoms with Crippen molar-refractivity contribution in [3.8, 4) is 0 Å². The molecule has 0 amide bonds. The van der Waals surface area contributed by atoms with Crippen LogP contribution in [0.1, 0.15) is 59.3 Å². The van der Waals surface area contributed by atoms with Crippen LogP contribution in [0.2, 0.25) is 0 Å². The molecule has 4 heteroatoms. The number of rotatable bonds is 3. The number of carbonyl (C=O) groups is 2. The Hall–Kier alpha value is -1.35. The van der Waals surface area contributed by atoms with Crippen LogP contribution < -0.4 is 0 Å². The summed E-state index contributed by atoms with van der Waals surface area (Å²) in [6.07, 6.45) is 7.34. The molecule has 3 rings (SSSR count). The highest BCUT2D eigenvalue weighted by molar-refractivity contribution is 6.48. The van der Waals surface area contributed by atoms with Crippen molar-refractivity contribution in [2.45, 2.75) is 59.3 Å². The maximum absolute atomic E-state index is 12.8. The Morgan fingerprint density at radius 2 is 2.00 bits per heavy atom. The van der Waals surface area contributed by atoms with Crippen molar-refractivity contribution in [3.63, 3.8) is 0 Å². The Kier molecular flexibility index (Phi) is 4.98. The molecular formula is C22H29ClO3. The van der Waals surface area contributed by atoms with Crippen molar-refractivity contribution in [1.82, 2.24) is 0 Å². The summed E-state index contributed by atoms with van der Waals surface area (Å²) in [6, 6.07) is 0. The first-order valence-electron chi connectivity index (χ1n) is 9.56. The quantitative estimate of drug-likeness (QED) is 0.492. The van der Waals surface area contributed by atoms with Gasteiger partial charge in [-0.05, 0) is 61.2 Å². The third kappa shape index (κ3) is 2.79. The number of ketones is 2. The molecule has 0 spiro atoms. The molecule has 2 unspecified atom stereocenters. The fraction of sp³-hybridized carbons (Fsp3) is 0.636. The fourth-order valence-corrected chi connectivity index (χ4v) is 5.81. The molecule has 2 fully saturated rings. The van der Waals surface area contributed by atoms with E-state index in [1.54, 1.807) is 0 Å². The minimum absolute atomic E-state index is 0.0612. The maximum Gasteiger partial charge on any atom is 0.225 e. The van der Waals surface area contributed by atoms with E-state index in [9.17, 15) is 9.59 Å². The molecule has 0 N–H and O–H groups in total. The third-order valence-electron chi connectivity index (χ3n) is 7.59. The number of allylic oxidation sites excluding steroid dienone is 4. The third-order valence-corrected chi connectivity index (χ3v) is 8.00. The summed E-state index contributed by atoms with van der Waals surface area (Å²) in [7, 11) is 1.42. The molecule has 0 aromatic carbocycles. The maximum atomic E-state index is 12.8. The highest BCUT2D eigenvalue weighted by Crippen LogP contribution is 2.63. The predicted molar refractivity (Wildman–Crippen MR) is 104 cm³/mol. The Morgan fingerprint density at radius 1 is 1.31 bits per heavy atom. The molecule has 2 saturated carbocycles. The molecule has 3 aliphatic rings. The molecule has 3 aliphatic carbocycles. The molecule has 0 saturated heterocycles. The monoisotopic (exact) mass is 376 g/mol. The molecule has 4 atom stereocenters. The van der Waals surface area contributed by atoms with E-state index in [2.05, 4.69) is 27.4 Å². The largest absolute Gasteiger partial charge is 0.493 e. The molecule has 0 aromatic rings. The van der Waals surface area contributed by atoms with Crippen molar-refractivity contribution in [2.24, 2.45) is 22.7 Å². The molecule has 0 heterocycles. The van der Waals surface area contributed by atoms with Gasteiger partial charge in [0, 0.05) is 11.6 Å². The summed E-state index contributed by atoms with van der Waals surface area (Å²) >= 11 is 6.31. The van der Waals surface area contributed by atoms with Gasteiger partial charge in [-0.1, -0.05) is 44.5 Å². The number of hydrogen-bond acceptors (Lipinski definition) is 3. The van der Waals surface area contributed by atoms with Crippen molar-refractivity contribution >= 4 is 23.2 Å². The highest BCUT2D eigenvalue weighted by atomic mass is 35.5. The lowest BCUT2D eigenvalue weighted by molar-refractivity contribution is -0.119. The van der Waals surface area contributed by atoms with E-state index < -0.39 is 0 Å². The van der Waals surface area contributed by atoms with Gasteiger partial charge in [-0.2, -0.15) is 0 Å². The summed E-state index contributed by atoms with van der Waals surface area (Å²) in [4.78, 5) is 25.1. The second-order valence-corrected chi connectivity index (χ2v) is 9.16. The molecule has 0 radical (unpaired) electrons. The van der Waals surface area contributed by atoms with Gasteiger partial charge in [0.05, 0.1) is 12.1 Å². The van der Waals surface area contributed by atoms with Gasteiger partial charge in [-0.25, -0.2) is 0 Å². The van der Waals surface area contributed by atoms with Crippen LogP contribution in [0, 0.1) is 22.7 Å². The van der Waals surface area contributed by atoms with E-state index in [0.29, 0.717) is 23.8 Å². The smallest absolute Gasteiger partial charge is 0.225 e. The lowest BCUT2D eigenvalue weighted by Crippen LogP contribution is -2.50. The van der Waals surface area contributed by atoms with Gasteiger partial charge in [0.15, 0.2) is 5.76 Å². The number of halogens is 1. The van der Waals surface area contributed by atoms with E-state index in [1.165, 1.54) is 18.8 Å². The number of Topliss-reactive ketones (excluding diaryl/α,β-unsaturated/α-hetero) is 1. The topological polar surface area (TPSA) is 43.4 Å². The molecule has 0 aliphatic heterocycles. The average Bonchev–Trinajstić information content (AvgIpc) is 2.61. The molecule has 3 nitrogen and oxygen atoms in total. The van der Waals surface area contributed by atoms with E-state index in [-0.39, 0.29) is 33.2 Å². The first kappa shape index (κ1) is 19.4. The fourth-order valence-electron chi connectivity index (χ4n) is 5.60. The van der Waals surface area contributed by atoms with Crippen molar-refractivity contribution in [3.05, 3.63) is 34.6 Å². The lowest BCUT2D eigenvalue weighted by Gasteiger charge is -2.59. The summed E-state index contributed by atoms with van der Waals surface area (Å²) in [6.45, 7) is 11.3. The minimum atomic E-state index is -0.332. The summed E-state index contributed by atoms with van der Waals surface area (Å²) < 4.78 is 5.13. The van der Waals surface area contributed by atoms with E-state index >= 15 is 0 Å². The molecular weight excluding hydrogens is 348 g/mol. The van der Waals surface area contributed by atoms with E-state index in [4.69, 9.17) is 16.3 Å². The Labute approximate surface area is 161 Å². The summed E-state index contributed by atoms with van der Waals surface area (Å²) in [5.41, 5.74) is 1.77. The second-order valence-electron chi connectivity index (χ2n) is 8.79. The number of fused-ring (bicyclic) bond motifs is 1. The number of ether oxygens (including phenoxy) is 1. The zero-order valence-electron chi connectivity index (χ0n) is 16.3. The molecule has 0 bridgehead atoms. The first-order chi connectivity index (χ1) is 12.1. The van der Waals surface area contributed by atoms with Gasteiger partial charge >= 0.3 is 0 Å². The van der Waals surface area contributed by atoms with Crippen molar-refractivity contribution < 1.29 is 14.3 Å². The Morgan fingerprint density at radius 3 is 2.65 bits per heavy atom. The zero-order valence-corrected chi connectivity index (χ0v) is 17.0. The molecule has 142 valence electrons. The summed E-state index contributed by atoms with van der Waals surface area (Å²) in [5, 5.41) is 0.0612. The first-order valence-corrected chi connectivity index (χ1v) is 9.94. The second kappa shape index (κ2) is 6.67. The van der Waals surface area contributed by atoms with Gasteiger partial charge < -0.3 is 4.74 Å². The minimum Gasteiger partial charge on any atom is -0.493 e. The Balaban J connectivity index is 2.01. The number of methoxy groups -OCH3 is 1. The number of hydrogen-bond donors (Lipinski definition) is 0. The average molecular weight is 377 g/mol. The van der Waals surface area contributed by atoms with Crippen LogP contribution in [-0.4, -0.2) is 18.7 Å². The van der Waals surface area contributed by atoms with Crippen LogP contribution in [0.25, 0.3) is 0 Å². The van der Waals surface area contributed by atoms with Crippen LogP contribution in [0.5, 0.6) is 0 Å². The van der Waals surface area contributed by atoms with Gasteiger partial charge in [0.2, 0.25) is 11.6 Å². The van der Waals surface area contributed by atoms with E-state index in [0.717, 1.165) is 32.1 Å². The normalized spacial score (nSPS) is 38.2. The van der Waals surface area contributed by atoms with Gasteiger partial charge in [0.25, 0.3) is 0 Å². The van der Waals surface area contributed by atoms with E-state index in [1.807, 2.05) is 0 Å². The molecule has 26 heavy (non-hydrogen) atoms. The lowest BCUT2D eigenvalue weighted by atomic mass is 9.46. The zero-order chi connectivity index (χ0) is 19.3. The highest BCUT2D eigenvalue weighted by Gasteiger charge is 2.54. The Bertz CT molecular complexity index is 732. The molecule has 0 aromatic heterocycles. The van der Waals surface area contributed by atoms with Crippen molar-refractivity contribution in [1.29, 1.82) is 0 Å². The van der Waals surface area contributed by atoms with Crippen LogP contribution in [-0.2, 0) is 14.3 Å². The standard InChI is InChI=1S/C22H29ClO3/c1-13-7-6-8-18-21(13,3)10-9-14(2)22(18,4)12-15-19(23)16(24)11-17(26-5)20(15)25/h11,14,18H,1,6-10,12H2,2-5H3/t14?,18?,21-,22-/m1/s1. The van der Waals surface area contributed by atoms with Crippen LogP contribution >= 0.6 is 11.6 Å². The van der Waals surface area contributed by atoms with Gasteiger partial charge in [-0.3, -0.25) is 9.59 Å². The predicted octanol–water partition coefficient (Wildman–Crippen LogP) is 5.35. The summed E-state index contributed by atoms with van der Waals surface area (Å²) in [5.74, 6) is 0.408. The van der Waals surface area contributed by atoms with Gasteiger partial charge in [-0.15, -0.1) is 0 Å². The number of carbonyl (C=O) groups excluding carboxylic acids is 2. The van der Waals surface area contributed by atoms with Crippen LogP contribution in [0.4, 0.5) is 0 Å².